The first-order valence-electron chi connectivity index (χ1n) is 7.52. The minimum atomic E-state index is -0.171. The number of aromatic nitrogens is 2. The zero-order valence-corrected chi connectivity index (χ0v) is 13.4. The molecule has 0 bridgehead atoms. The molecule has 0 aromatic carbocycles. The SMILES string of the molecule is CN(C)c1cc(C(=O)NCC(CO)Cc2ccccn2)ccn1. The van der Waals surface area contributed by atoms with Gasteiger partial charge in [0.1, 0.15) is 5.82 Å². The molecule has 2 aromatic rings. The number of rotatable bonds is 7. The summed E-state index contributed by atoms with van der Waals surface area (Å²) in [5.74, 6) is 0.490. The van der Waals surface area contributed by atoms with Gasteiger partial charge in [0.05, 0.1) is 0 Å². The Bertz CT molecular complexity index is 632. The fourth-order valence-electron chi connectivity index (χ4n) is 2.16. The molecule has 23 heavy (non-hydrogen) atoms. The molecule has 2 rings (SSSR count). The number of aliphatic hydroxyl groups excluding tert-OH is 1. The van der Waals surface area contributed by atoms with Gasteiger partial charge in [-0.2, -0.15) is 0 Å². The lowest BCUT2D eigenvalue weighted by Crippen LogP contribution is -2.32. The maximum Gasteiger partial charge on any atom is 0.251 e. The third-order valence-corrected chi connectivity index (χ3v) is 3.50. The Morgan fingerprint density at radius 1 is 1.26 bits per heavy atom. The first-order valence-corrected chi connectivity index (χ1v) is 7.52. The number of aliphatic hydroxyl groups is 1. The van der Waals surface area contributed by atoms with Crippen LogP contribution in [0.3, 0.4) is 0 Å². The van der Waals surface area contributed by atoms with E-state index in [-0.39, 0.29) is 18.4 Å². The quantitative estimate of drug-likeness (QED) is 0.801. The number of pyridine rings is 2. The van der Waals surface area contributed by atoms with Crippen molar-refractivity contribution in [2.75, 3.05) is 32.1 Å². The molecule has 0 aliphatic carbocycles. The van der Waals surface area contributed by atoms with Gasteiger partial charge < -0.3 is 15.3 Å². The lowest BCUT2D eigenvalue weighted by Gasteiger charge is -2.15. The summed E-state index contributed by atoms with van der Waals surface area (Å²) in [6.07, 6.45) is 3.96. The second-order valence-electron chi connectivity index (χ2n) is 5.58. The molecule has 0 aliphatic heterocycles. The Balaban J connectivity index is 1.93. The minimum Gasteiger partial charge on any atom is -0.396 e. The third-order valence-electron chi connectivity index (χ3n) is 3.50. The molecular formula is C17H22N4O2. The van der Waals surface area contributed by atoms with Gasteiger partial charge in [-0.15, -0.1) is 0 Å². The molecular weight excluding hydrogens is 292 g/mol. The van der Waals surface area contributed by atoms with Gasteiger partial charge in [-0.25, -0.2) is 4.98 Å². The molecule has 2 aromatic heterocycles. The molecule has 6 nitrogen and oxygen atoms in total. The predicted octanol–water partition coefficient (Wildman–Crippen LogP) is 1.12. The summed E-state index contributed by atoms with van der Waals surface area (Å²) >= 11 is 0. The van der Waals surface area contributed by atoms with Crippen molar-refractivity contribution in [3.8, 4) is 0 Å². The topological polar surface area (TPSA) is 78.4 Å². The molecule has 2 N–H and O–H groups in total. The number of amides is 1. The Morgan fingerprint density at radius 3 is 2.74 bits per heavy atom. The van der Waals surface area contributed by atoms with E-state index in [2.05, 4.69) is 15.3 Å². The first kappa shape index (κ1) is 16.9. The molecule has 2 heterocycles. The standard InChI is InChI=1S/C17H22N4O2/c1-21(2)16-10-14(6-8-19-16)17(23)20-11-13(12-22)9-15-5-3-4-7-18-15/h3-8,10,13,22H,9,11-12H2,1-2H3,(H,20,23). The normalized spacial score (nSPS) is 11.8. The zero-order chi connectivity index (χ0) is 16.7. The highest BCUT2D eigenvalue weighted by molar-refractivity contribution is 5.94. The van der Waals surface area contributed by atoms with Crippen LogP contribution in [0.1, 0.15) is 16.1 Å². The molecule has 0 aliphatic rings. The van der Waals surface area contributed by atoms with Crippen molar-refractivity contribution >= 4 is 11.7 Å². The Kier molecular flexibility index (Phi) is 6.05. The van der Waals surface area contributed by atoms with Crippen molar-refractivity contribution in [3.63, 3.8) is 0 Å². The number of carbonyl (C=O) groups is 1. The fourth-order valence-corrected chi connectivity index (χ4v) is 2.16. The maximum atomic E-state index is 12.2. The van der Waals surface area contributed by atoms with E-state index in [1.54, 1.807) is 24.5 Å². The molecule has 0 fully saturated rings. The van der Waals surface area contributed by atoms with E-state index in [9.17, 15) is 9.90 Å². The predicted molar refractivity (Wildman–Crippen MR) is 89.4 cm³/mol. The zero-order valence-electron chi connectivity index (χ0n) is 13.4. The average molecular weight is 314 g/mol. The van der Waals surface area contributed by atoms with Crippen molar-refractivity contribution in [2.24, 2.45) is 5.92 Å². The van der Waals surface area contributed by atoms with Crippen molar-refractivity contribution < 1.29 is 9.90 Å². The highest BCUT2D eigenvalue weighted by Crippen LogP contribution is 2.10. The van der Waals surface area contributed by atoms with E-state index in [4.69, 9.17) is 0 Å². The second kappa shape index (κ2) is 8.24. The average Bonchev–Trinajstić information content (AvgIpc) is 2.59. The van der Waals surface area contributed by atoms with E-state index in [1.807, 2.05) is 37.2 Å². The molecule has 0 saturated heterocycles. The number of hydrogen-bond acceptors (Lipinski definition) is 5. The van der Waals surface area contributed by atoms with Crippen LogP contribution >= 0.6 is 0 Å². The molecule has 0 radical (unpaired) electrons. The number of nitrogens with one attached hydrogen (secondary N) is 1. The van der Waals surface area contributed by atoms with Crippen LogP contribution in [-0.4, -0.2) is 48.2 Å². The Morgan fingerprint density at radius 2 is 2.09 bits per heavy atom. The third kappa shape index (κ3) is 5.03. The number of nitrogens with zero attached hydrogens (tertiary/aromatic N) is 3. The summed E-state index contributed by atoms with van der Waals surface area (Å²) in [6, 6.07) is 9.09. The number of hydrogen-bond donors (Lipinski definition) is 2. The van der Waals surface area contributed by atoms with Gasteiger partial charge in [-0.05, 0) is 30.7 Å². The summed E-state index contributed by atoms with van der Waals surface area (Å²) < 4.78 is 0. The van der Waals surface area contributed by atoms with Gasteiger partial charge in [-0.3, -0.25) is 9.78 Å². The maximum absolute atomic E-state index is 12.2. The number of carbonyl (C=O) groups excluding carboxylic acids is 1. The van der Waals surface area contributed by atoms with Crippen LogP contribution in [0, 0.1) is 5.92 Å². The summed E-state index contributed by atoms with van der Waals surface area (Å²) in [5, 5.41) is 12.4. The van der Waals surface area contributed by atoms with Gasteiger partial charge in [0.25, 0.3) is 5.91 Å². The molecule has 6 heteroatoms. The minimum absolute atomic E-state index is 0.00382. The lowest BCUT2D eigenvalue weighted by molar-refractivity contribution is 0.0939. The van der Waals surface area contributed by atoms with Gasteiger partial charge in [-0.1, -0.05) is 6.07 Å². The fraction of sp³-hybridized carbons (Fsp3) is 0.353. The summed E-state index contributed by atoms with van der Waals surface area (Å²) in [5.41, 5.74) is 1.46. The highest BCUT2D eigenvalue weighted by Gasteiger charge is 2.13. The largest absolute Gasteiger partial charge is 0.396 e. The van der Waals surface area contributed by atoms with E-state index in [1.165, 1.54) is 0 Å². The van der Waals surface area contributed by atoms with Gasteiger partial charge in [0, 0.05) is 56.8 Å². The van der Waals surface area contributed by atoms with Gasteiger partial charge in [0.2, 0.25) is 0 Å². The van der Waals surface area contributed by atoms with E-state index in [0.717, 1.165) is 11.5 Å². The van der Waals surface area contributed by atoms with Crippen LogP contribution in [0.15, 0.2) is 42.7 Å². The smallest absolute Gasteiger partial charge is 0.251 e. The van der Waals surface area contributed by atoms with Crippen LogP contribution in [0.4, 0.5) is 5.82 Å². The Labute approximate surface area is 136 Å². The summed E-state index contributed by atoms with van der Waals surface area (Å²) in [4.78, 5) is 22.5. The van der Waals surface area contributed by atoms with Crippen LogP contribution in [-0.2, 0) is 6.42 Å². The van der Waals surface area contributed by atoms with Crippen molar-refractivity contribution in [1.82, 2.24) is 15.3 Å². The van der Waals surface area contributed by atoms with Crippen molar-refractivity contribution in [3.05, 3.63) is 54.0 Å². The monoisotopic (exact) mass is 314 g/mol. The first-order chi connectivity index (χ1) is 11.1. The van der Waals surface area contributed by atoms with E-state index >= 15 is 0 Å². The van der Waals surface area contributed by atoms with Crippen LogP contribution in [0.2, 0.25) is 0 Å². The molecule has 1 atom stereocenters. The molecule has 0 saturated carbocycles. The summed E-state index contributed by atoms with van der Waals surface area (Å²) in [7, 11) is 3.75. The summed E-state index contributed by atoms with van der Waals surface area (Å²) in [6.45, 7) is 0.391. The molecule has 122 valence electrons. The Hall–Kier alpha value is -2.47. The van der Waals surface area contributed by atoms with Gasteiger partial charge in [0.15, 0.2) is 0 Å². The second-order valence-corrected chi connectivity index (χ2v) is 5.58. The van der Waals surface area contributed by atoms with Crippen molar-refractivity contribution in [2.45, 2.75) is 6.42 Å². The lowest BCUT2D eigenvalue weighted by atomic mass is 10.0. The van der Waals surface area contributed by atoms with E-state index < -0.39 is 0 Å². The highest BCUT2D eigenvalue weighted by atomic mass is 16.3. The molecule has 1 amide bonds. The van der Waals surface area contributed by atoms with Gasteiger partial charge >= 0.3 is 0 Å². The van der Waals surface area contributed by atoms with Crippen LogP contribution < -0.4 is 10.2 Å². The molecule has 0 spiro atoms. The number of anilines is 1. The van der Waals surface area contributed by atoms with Crippen molar-refractivity contribution in [1.29, 1.82) is 0 Å². The van der Waals surface area contributed by atoms with E-state index in [0.29, 0.717) is 18.5 Å². The van der Waals surface area contributed by atoms with Crippen LogP contribution in [0.25, 0.3) is 0 Å². The van der Waals surface area contributed by atoms with Crippen LogP contribution in [0.5, 0.6) is 0 Å². The molecule has 1 unspecified atom stereocenters.